The molecule has 19 heavy (non-hydrogen) atoms. The first-order valence-electron chi connectivity index (χ1n) is 6.40. The fourth-order valence-corrected chi connectivity index (χ4v) is 2.19. The lowest BCUT2D eigenvalue weighted by atomic mass is 10.1. The molecule has 0 radical (unpaired) electrons. The second-order valence-electron chi connectivity index (χ2n) is 4.60. The SMILES string of the molecule is COc1ccc(/C(C)=N\O)cc1CN1CCOCC1. The minimum Gasteiger partial charge on any atom is -0.496 e. The third-order valence-corrected chi connectivity index (χ3v) is 3.35. The fourth-order valence-electron chi connectivity index (χ4n) is 2.19. The van der Waals surface area contributed by atoms with Crippen molar-refractivity contribution in [3.8, 4) is 5.75 Å². The number of methoxy groups -OCH3 is 1. The Hall–Kier alpha value is -1.59. The maximum absolute atomic E-state index is 8.86. The minimum atomic E-state index is 0.603. The normalized spacial score (nSPS) is 17.5. The molecule has 0 bridgehead atoms. The fraction of sp³-hybridized carbons (Fsp3) is 0.500. The van der Waals surface area contributed by atoms with E-state index in [0.717, 1.165) is 49.7 Å². The summed E-state index contributed by atoms with van der Waals surface area (Å²) in [6.07, 6.45) is 0. The molecular formula is C14H20N2O3. The molecule has 1 aromatic carbocycles. The van der Waals surface area contributed by atoms with Gasteiger partial charge in [-0.1, -0.05) is 5.16 Å². The number of benzene rings is 1. The predicted molar refractivity (Wildman–Crippen MR) is 73.1 cm³/mol. The molecule has 0 spiro atoms. The van der Waals surface area contributed by atoms with Crippen molar-refractivity contribution >= 4 is 5.71 Å². The zero-order valence-electron chi connectivity index (χ0n) is 11.4. The van der Waals surface area contributed by atoms with E-state index in [0.29, 0.717) is 5.71 Å². The second kappa shape index (κ2) is 6.54. The van der Waals surface area contributed by atoms with Crippen LogP contribution in [0.1, 0.15) is 18.1 Å². The lowest BCUT2D eigenvalue weighted by Gasteiger charge is -2.27. The van der Waals surface area contributed by atoms with Crippen LogP contribution < -0.4 is 4.74 Å². The van der Waals surface area contributed by atoms with Crippen LogP contribution in [-0.4, -0.2) is 49.2 Å². The number of oxime groups is 1. The first kappa shape index (κ1) is 13.8. The van der Waals surface area contributed by atoms with E-state index < -0.39 is 0 Å². The quantitative estimate of drug-likeness (QED) is 0.511. The molecule has 1 N–H and O–H groups in total. The molecule has 0 unspecified atom stereocenters. The molecule has 1 heterocycles. The Morgan fingerprint density at radius 1 is 1.42 bits per heavy atom. The van der Waals surface area contributed by atoms with E-state index in [-0.39, 0.29) is 0 Å². The van der Waals surface area contributed by atoms with Gasteiger partial charge in [-0.25, -0.2) is 0 Å². The highest BCUT2D eigenvalue weighted by Crippen LogP contribution is 2.22. The van der Waals surface area contributed by atoms with E-state index in [1.165, 1.54) is 0 Å². The van der Waals surface area contributed by atoms with Crippen LogP contribution in [0.5, 0.6) is 5.75 Å². The largest absolute Gasteiger partial charge is 0.496 e. The summed E-state index contributed by atoms with van der Waals surface area (Å²) in [4.78, 5) is 2.33. The van der Waals surface area contributed by atoms with Gasteiger partial charge < -0.3 is 14.7 Å². The second-order valence-corrected chi connectivity index (χ2v) is 4.60. The average molecular weight is 264 g/mol. The molecule has 0 atom stereocenters. The van der Waals surface area contributed by atoms with Gasteiger partial charge in [0.25, 0.3) is 0 Å². The van der Waals surface area contributed by atoms with Crippen molar-refractivity contribution in [2.24, 2.45) is 5.16 Å². The number of hydrogen-bond acceptors (Lipinski definition) is 5. The molecule has 5 nitrogen and oxygen atoms in total. The van der Waals surface area contributed by atoms with Crippen LogP contribution in [0.2, 0.25) is 0 Å². The van der Waals surface area contributed by atoms with Gasteiger partial charge >= 0.3 is 0 Å². The van der Waals surface area contributed by atoms with E-state index in [1.54, 1.807) is 14.0 Å². The molecule has 1 aliphatic heterocycles. The summed E-state index contributed by atoms with van der Waals surface area (Å²) in [5.41, 5.74) is 2.61. The number of nitrogens with zero attached hydrogens (tertiary/aromatic N) is 2. The van der Waals surface area contributed by atoms with Gasteiger partial charge in [0.1, 0.15) is 5.75 Å². The Bertz CT molecular complexity index is 454. The smallest absolute Gasteiger partial charge is 0.123 e. The topological polar surface area (TPSA) is 54.3 Å². The number of hydrogen-bond donors (Lipinski definition) is 1. The Labute approximate surface area is 113 Å². The van der Waals surface area contributed by atoms with E-state index in [1.807, 2.05) is 18.2 Å². The first-order chi connectivity index (χ1) is 9.24. The van der Waals surface area contributed by atoms with Crippen LogP contribution in [0.25, 0.3) is 0 Å². The standard InChI is InChI=1S/C14H20N2O3/c1-11(15-17)12-3-4-14(18-2)13(9-12)10-16-5-7-19-8-6-16/h3-4,9,17H,5-8,10H2,1-2H3/b15-11-. The number of morpholine rings is 1. The third-order valence-electron chi connectivity index (χ3n) is 3.35. The molecule has 1 saturated heterocycles. The highest BCUT2D eigenvalue weighted by molar-refractivity contribution is 5.98. The van der Waals surface area contributed by atoms with Crippen molar-refractivity contribution in [2.75, 3.05) is 33.4 Å². The summed E-state index contributed by atoms with van der Waals surface area (Å²) in [6.45, 7) is 6.01. The summed E-state index contributed by atoms with van der Waals surface area (Å²) in [6, 6.07) is 5.83. The van der Waals surface area contributed by atoms with Gasteiger partial charge in [-0.05, 0) is 30.7 Å². The molecule has 0 amide bonds. The number of ether oxygens (including phenoxy) is 2. The molecule has 5 heteroatoms. The van der Waals surface area contributed by atoms with Crippen molar-refractivity contribution in [1.82, 2.24) is 4.90 Å². The molecule has 1 aromatic rings. The molecule has 1 aliphatic rings. The molecular weight excluding hydrogens is 244 g/mol. The van der Waals surface area contributed by atoms with E-state index in [9.17, 15) is 0 Å². The van der Waals surface area contributed by atoms with Crippen LogP contribution in [-0.2, 0) is 11.3 Å². The highest BCUT2D eigenvalue weighted by Gasteiger charge is 2.14. The van der Waals surface area contributed by atoms with Gasteiger partial charge in [-0.3, -0.25) is 4.90 Å². The molecule has 0 aromatic heterocycles. The van der Waals surface area contributed by atoms with Crippen molar-refractivity contribution in [2.45, 2.75) is 13.5 Å². The Morgan fingerprint density at radius 3 is 2.79 bits per heavy atom. The summed E-state index contributed by atoms with van der Waals surface area (Å²) < 4.78 is 10.7. The lowest BCUT2D eigenvalue weighted by Crippen LogP contribution is -2.35. The summed E-state index contributed by atoms with van der Waals surface area (Å²) >= 11 is 0. The van der Waals surface area contributed by atoms with Gasteiger partial charge in [-0.2, -0.15) is 0 Å². The minimum absolute atomic E-state index is 0.603. The Balaban J connectivity index is 2.20. The van der Waals surface area contributed by atoms with Crippen LogP contribution in [0.15, 0.2) is 23.4 Å². The Kier molecular flexibility index (Phi) is 4.76. The summed E-state index contributed by atoms with van der Waals surface area (Å²) in [7, 11) is 1.67. The third kappa shape index (κ3) is 3.45. The van der Waals surface area contributed by atoms with Gasteiger partial charge in [-0.15, -0.1) is 0 Å². The van der Waals surface area contributed by atoms with Gasteiger partial charge in [0.2, 0.25) is 0 Å². The van der Waals surface area contributed by atoms with Crippen molar-refractivity contribution in [3.63, 3.8) is 0 Å². The molecule has 104 valence electrons. The Morgan fingerprint density at radius 2 is 2.16 bits per heavy atom. The zero-order valence-corrected chi connectivity index (χ0v) is 11.4. The van der Waals surface area contributed by atoms with Crippen LogP contribution in [0.3, 0.4) is 0 Å². The van der Waals surface area contributed by atoms with Gasteiger partial charge in [0.15, 0.2) is 0 Å². The molecule has 1 fully saturated rings. The number of rotatable bonds is 4. The maximum atomic E-state index is 8.86. The predicted octanol–water partition coefficient (Wildman–Crippen LogP) is 1.73. The van der Waals surface area contributed by atoms with E-state index in [4.69, 9.17) is 14.7 Å². The van der Waals surface area contributed by atoms with E-state index >= 15 is 0 Å². The van der Waals surface area contributed by atoms with Crippen molar-refractivity contribution in [1.29, 1.82) is 0 Å². The van der Waals surface area contributed by atoms with Crippen molar-refractivity contribution in [3.05, 3.63) is 29.3 Å². The first-order valence-corrected chi connectivity index (χ1v) is 6.40. The van der Waals surface area contributed by atoms with Gasteiger partial charge in [0, 0.05) is 25.2 Å². The highest BCUT2D eigenvalue weighted by atomic mass is 16.5. The van der Waals surface area contributed by atoms with Crippen LogP contribution in [0, 0.1) is 0 Å². The zero-order chi connectivity index (χ0) is 13.7. The molecule has 0 aliphatic carbocycles. The summed E-state index contributed by atoms with van der Waals surface area (Å²) in [5.74, 6) is 0.862. The maximum Gasteiger partial charge on any atom is 0.123 e. The molecule has 0 saturated carbocycles. The van der Waals surface area contributed by atoms with E-state index in [2.05, 4.69) is 10.1 Å². The average Bonchev–Trinajstić information content (AvgIpc) is 2.47. The lowest BCUT2D eigenvalue weighted by molar-refractivity contribution is 0.0339. The van der Waals surface area contributed by atoms with Crippen LogP contribution >= 0.6 is 0 Å². The van der Waals surface area contributed by atoms with Crippen LogP contribution in [0.4, 0.5) is 0 Å². The summed E-state index contributed by atoms with van der Waals surface area (Å²) in [5, 5.41) is 12.1. The van der Waals surface area contributed by atoms with Crippen molar-refractivity contribution < 1.29 is 14.7 Å². The van der Waals surface area contributed by atoms with Gasteiger partial charge in [0.05, 0.1) is 26.0 Å². The monoisotopic (exact) mass is 264 g/mol. The molecule has 2 rings (SSSR count).